The first kappa shape index (κ1) is 15.3. The summed E-state index contributed by atoms with van der Waals surface area (Å²) in [6, 6.07) is 10.6. The molecule has 1 aromatic heterocycles. The predicted molar refractivity (Wildman–Crippen MR) is 91.9 cm³/mol. The van der Waals surface area contributed by atoms with Gasteiger partial charge in [0.15, 0.2) is 11.0 Å². The molecule has 0 spiro atoms. The standard InChI is InChI=1S/C16H7BrCl2O3/c17-8-1-4-13(20)16-11(5-8)14(21)7-15(22-16)10-3-2-9(18)6-12(10)19/h1-7H. The smallest absolute Gasteiger partial charge is 0.221 e. The van der Waals surface area contributed by atoms with E-state index in [1.807, 2.05) is 0 Å². The Morgan fingerprint density at radius 2 is 1.68 bits per heavy atom. The van der Waals surface area contributed by atoms with Crippen molar-refractivity contribution in [3.8, 4) is 11.3 Å². The Kier molecular flexibility index (Phi) is 4.08. The van der Waals surface area contributed by atoms with Gasteiger partial charge in [0.2, 0.25) is 5.43 Å². The summed E-state index contributed by atoms with van der Waals surface area (Å²) in [6.45, 7) is 0. The Morgan fingerprint density at radius 3 is 2.41 bits per heavy atom. The molecule has 0 aliphatic heterocycles. The summed E-state index contributed by atoms with van der Waals surface area (Å²) in [5.41, 5.74) is -0.227. The SMILES string of the molecule is O=c1cc(-c2ccc(Cl)cc2Cl)oc2c(=O)ccc(Br)cc12. The Bertz CT molecular complexity index is 1010. The second kappa shape index (κ2) is 5.88. The molecule has 0 saturated carbocycles. The Labute approximate surface area is 143 Å². The molecule has 3 nitrogen and oxygen atoms in total. The molecule has 0 amide bonds. The number of rotatable bonds is 1. The van der Waals surface area contributed by atoms with Gasteiger partial charge in [-0.05, 0) is 36.4 Å². The molecule has 2 aromatic carbocycles. The van der Waals surface area contributed by atoms with E-state index < -0.39 is 0 Å². The lowest BCUT2D eigenvalue weighted by Gasteiger charge is -2.04. The van der Waals surface area contributed by atoms with Crippen LogP contribution in [0.3, 0.4) is 0 Å². The summed E-state index contributed by atoms with van der Waals surface area (Å²) in [5.74, 6) is 0.221. The number of fused-ring (bicyclic) bond motifs is 1. The summed E-state index contributed by atoms with van der Waals surface area (Å²) in [4.78, 5) is 24.4. The zero-order valence-corrected chi connectivity index (χ0v) is 14.0. The van der Waals surface area contributed by atoms with Crippen molar-refractivity contribution in [1.82, 2.24) is 0 Å². The van der Waals surface area contributed by atoms with E-state index in [1.165, 1.54) is 12.1 Å². The van der Waals surface area contributed by atoms with Crippen molar-refractivity contribution in [1.29, 1.82) is 0 Å². The maximum Gasteiger partial charge on any atom is 0.221 e. The highest BCUT2D eigenvalue weighted by Crippen LogP contribution is 2.30. The molecule has 0 fully saturated rings. The molecule has 6 heteroatoms. The van der Waals surface area contributed by atoms with E-state index in [0.717, 1.165) is 0 Å². The molecular formula is C16H7BrCl2O3. The number of halogens is 3. The van der Waals surface area contributed by atoms with Gasteiger partial charge in [-0.3, -0.25) is 9.59 Å². The van der Waals surface area contributed by atoms with E-state index in [-0.39, 0.29) is 27.6 Å². The van der Waals surface area contributed by atoms with Gasteiger partial charge < -0.3 is 4.42 Å². The van der Waals surface area contributed by atoms with Gasteiger partial charge in [0.25, 0.3) is 0 Å². The zero-order valence-electron chi connectivity index (χ0n) is 10.9. The lowest BCUT2D eigenvalue weighted by Crippen LogP contribution is -2.05. The molecule has 3 aromatic rings. The van der Waals surface area contributed by atoms with Gasteiger partial charge in [-0.15, -0.1) is 0 Å². The molecule has 0 N–H and O–H groups in total. The average molecular weight is 398 g/mol. The number of hydrogen-bond donors (Lipinski definition) is 0. The predicted octanol–water partition coefficient (Wildman–Crippen LogP) is 4.89. The van der Waals surface area contributed by atoms with E-state index in [9.17, 15) is 9.59 Å². The first-order valence-corrected chi connectivity index (χ1v) is 7.74. The fraction of sp³-hybridized carbons (Fsp3) is 0. The molecule has 110 valence electrons. The van der Waals surface area contributed by atoms with Crippen molar-refractivity contribution < 1.29 is 4.42 Å². The van der Waals surface area contributed by atoms with Crippen molar-refractivity contribution in [3.05, 3.63) is 77.4 Å². The van der Waals surface area contributed by atoms with Crippen molar-refractivity contribution in [3.63, 3.8) is 0 Å². The maximum atomic E-state index is 12.3. The van der Waals surface area contributed by atoms with Gasteiger partial charge in [-0.2, -0.15) is 0 Å². The van der Waals surface area contributed by atoms with Crippen LogP contribution in [-0.2, 0) is 0 Å². The highest BCUT2D eigenvalue weighted by molar-refractivity contribution is 9.10. The van der Waals surface area contributed by atoms with Crippen LogP contribution in [0.2, 0.25) is 10.0 Å². The van der Waals surface area contributed by atoms with Gasteiger partial charge in [0.1, 0.15) is 5.76 Å². The summed E-state index contributed by atoms with van der Waals surface area (Å²) in [7, 11) is 0. The van der Waals surface area contributed by atoms with Crippen LogP contribution < -0.4 is 10.9 Å². The molecule has 0 atom stereocenters. The van der Waals surface area contributed by atoms with Crippen LogP contribution in [0.5, 0.6) is 0 Å². The highest BCUT2D eigenvalue weighted by Gasteiger charge is 2.12. The van der Waals surface area contributed by atoms with E-state index >= 15 is 0 Å². The molecule has 0 radical (unpaired) electrons. The second-order valence-electron chi connectivity index (χ2n) is 4.57. The summed E-state index contributed by atoms with van der Waals surface area (Å²) in [6.07, 6.45) is 0. The van der Waals surface area contributed by atoms with Gasteiger partial charge in [0.05, 0.1) is 10.4 Å². The number of benzene rings is 1. The van der Waals surface area contributed by atoms with Gasteiger partial charge >= 0.3 is 0 Å². The molecule has 0 aliphatic carbocycles. The van der Waals surface area contributed by atoms with Crippen molar-refractivity contribution >= 4 is 50.1 Å². The summed E-state index contributed by atoms with van der Waals surface area (Å²) in [5, 5.41) is 1.01. The second-order valence-corrected chi connectivity index (χ2v) is 6.33. The maximum absolute atomic E-state index is 12.3. The molecular weight excluding hydrogens is 391 g/mol. The minimum atomic E-state index is -0.385. The minimum absolute atomic E-state index is 0.0146. The monoisotopic (exact) mass is 396 g/mol. The molecule has 0 unspecified atom stereocenters. The third kappa shape index (κ3) is 2.82. The molecule has 0 saturated heterocycles. The fourth-order valence-electron chi connectivity index (χ4n) is 2.06. The topological polar surface area (TPSA) is 47.3 Å². The van der Waals surface area contributed by atoms with Gasteiger partial charge in [-0.25, -0.2) is 0 Å². The largest absolute Gasteiger partial charge is 0.452 e. The third-order valence-electron chi connectivity index (χ3n) is 3.08. The molecule has 1 heterocycles. The Balaban J connectivity index is 2.39. The minimum Gasteiger partial charge on any atom is -0.452 e. The molecule has 3 rings (SSSR count). The van der Waals surface area contributed by atoms with Crippen molar-refractivity contribution in [2.24, 2.45) is 0 Å². The normalized spacial score (nSPS) is 10.9. The lowest BCUT2D eigenvalue weighted by atomic mass is 10.1. The highest BCUT2D eigenvalue weighted by atomic mass is 79.9. The summed E-state index contributed by atoms with van der Waals surface area (Å²) < 4.78 is 6.25. The van der Waals surface area contributed by atoms with Crippen LogP contribution in [0.4, 0.5) is 0 Å². The van der Waals surface area contributed by atoms with Crippen LogP contribution in [-0.4, -0.2) is 0 Å². The van der Waals surface area contributed by atoms with Crippen LogP contribution in [0.1, 0.15) is 0 Å². The molecule has 0 aliphatic rings. The Hall–Kier alpha value is -1.62. The first-order valence-electron chi connectivity index (χ1n) is 6.19. The van der Waals surface area contributed by atoms with E-state index in [0.29, 0.717) is 20.1 Å². The van der Waals surface area contributed by atoms with Gasteiger partial charge in [-0.1, -0.05) is 39.1 Å². The quantitative estimate of drug-likeness (QED) is 0.587. The Morgan fingerprint density at radius 1 is 0.909 bits per heavy atom. The lowest BCUT2D eigenvalue weighted by molar-refractivity contribution is 0.616. The van der Waals surface area contributed by atoms with Crippen molar-refractivity contribution in [2.45, 2.75) is 0 Å². The fourth-order valence-corrected chi connectivity index (χ4v) is 2.92. The zero-order chi connectivity index (χ0) is 15.9. The van der Waals surface area contributed by atoms with Crippen molar-refractivity contribution in [2.75, 3.05) is 0 Å². The van der Waals surface area contributed by atoms with Crippen LogP contribution in [0.25, 0.3) is 22.3 Å². The van der Waals surface area contributed by atoms with Crippen LogP contribution in [0, 0.1) is 0 Å². The van der Waals surface area contributed by atoms with Gasteiger partial charge in [0, 0.05) is 21.1 Å². The van der Waals surface area contributed by atoms with E-state index in [1.54, 1.807) is 30.3 Å². The van der Waals surface area contributed by atoms with Crippen LogP contribution in [0.15, 0.2) is 60.9 Å². The van der Waals surface area contributed by atoms with Crippen LogP contribution >= 0.6 is 39.1 Å². The molecule has 22 heavy (non-hydrogen) atoms. The van der Waals surface area contributed by atoms with E-state index in [4.69, 9.17) is 27.6 Å². The average Bonchev–Trinajstić information content (AvgIpc) is 2.60. The van der Waals surface area contributed by atoms with E-state index in [2.05, 4.69) is 15.9 Å². The number of hydrogen-bond acceptors (Lipinski definition) is 3. The molecule has 0 bridgehead atoms. The third-order valence-corrected chi connectivity index (χ3v) is 4.12. The summed E-state index contributed by atoms with van der Waals surface area (Å²) >= 11 is 15.2. The first-order chi connectivity index (χ1) is 10.5.